The van der Waals surface area contributed by atoms with Gasteiger partial charge in [-0.15, -0.1) is 0 Å². The number of amides is 1. The van der Waals surface area contributed by atoms with E-state index in [2.05, 4.69) is 5.32 Å². The molecule has 118 valence electrons. The Bertz CT molecular complexity index is 511. The molecule has 1 N–H and O–H groups in total. The molecule has 21 heavy (non-hydrogen) atoms. The highest BCUT2D eigenvalue weighted by Crippen LogP contribution is 2.31. The molecule has 0 aliphatic heterocycles. The molecule has 1 rings (SSSR count). The van der Waals surface area contributed by atoms with Crippen LogP contribution in [0.2, 0.25) is 0 Å². The van der Waals surface area contributed by atoms with Crippen molar-refractivity contribution in [2.75, 3.05) is 0 Å². The number of ether oxygens (including phenoxy) is 1. The van der Waals surface area contributed by atoms with Crippen molar-refractivity contribution in [3.8, 4) is 0 Å². The number of nitrogens with one attached hydrogen (secondary N) is 1. The lowest BCUT2D eigenvalue weighted by Gasteiger charge is -2.20. The molecule has 0 aromatic heterocycles. The van der Waals surface area contributed by atoms with E-state index >= 15 is 0 Å². The van der Waals surface area contributed by atoms with Gasteiger partial charge in [0, 0.05) is 5.56 Å². The first-order valence-corrected chi connectivity index (χ1v) is 5.92. The zero-order chi connectivity index (χ0) is 16.4. The van der Waals surface area contributed by atoms with Crippen molar-refractivity contribution in [1.29, 1.82) is 0 Å². The molecule has 1 aromatic carbocycles. The monoisotopic (exact) mass is 311 g/mol. The summed E-state index contributed by atoms with van der Waals surface area (Å²) in [6.45, 7) is 4.15. The maximum atomic E-state index is 13.5. The topological polar surface area (TPSA) is 38.3 Å². The van der Waals surface area contributed by atoms with Crippen LogP contribution in [0.25, 0.3) is 0 Å². The molecule has 0 heterocycles. The van der Waals surface area contributed by atoms with Gasteiger partial charge in [-0.25, -0.2) is 13.6 Å². The molecule has 0 atom stereocenters. The van der Waals surface area contributed by atoms with Crippen LogP contribution < -0.4 is 5.32 Å². The summed E-state index contributed by atoms with van der Waals surface area (Å²) in [5.74, 6) is -2.78. The summed E-state index contributed by atoms with van der Waals surface area (Å²) in [6, 6.07) is 0.352. The van der Waals surface area contributed by atoms with Gasteiger partial charge in [-0.2, -0.15) is 13.2 Å². The van der Waals surface area contributed by atoms with Crippen molar-refractivity contribution in [2.45, 2.75) is 39.1 Å². The summed E-state index contributed by atoms with van der Waals surface area (Å²) in [4.78, 5) is 11.3. The largest absolute Gasteiger partial charge is 0.444 e. The van der Waals surface area contributed by atoms with E-state index in [0.717, 1.165) is 0 Å². The number of alkyl carbamates (subject to hydrolysis) is 1. The van der Waals surface area contributed by atoms with Crippen LogP contribution in [-0.2, 0) is 17.5 Å². The van der Waals surface area contributed by atoms with Crippen LogP contribution in [0.3, 0.4) is 0 Å². The predicted octanol–water partition coefficient (Wildman–Crippen LogP) is 4.01. The molecule has 0 radical (unpaired) electrons. The van der Waals surface area contributed by atoms with Gasteiger partial charge in [-0.05, 0) is 32.9 Å². The molecule has 0 saturated carbocycles. The Morgan fingerprint density at radius 1 is 1.14 bits per heavy atom. The molecule has 0 saturated heterocycles. The van der Waals surface area contributed by atoms with E-state index in [1.165, 1.54) is 0 Å². The third-order valence-corrected chi connectivity index (χ3v) is 2.28. The highest BCUT2D eigenvalue weighted by Gasteiger charge is 2.32. The van der Waals surface area contributed by atoms with Crippen molar-refractivity contribution in [2.24, 2.45) is 0 Å². The maximum Gasteiger partial charge on any atom is 0.416 e. The molecule has 1 amide bonds. The summed E-state index contributed by atoms with van der Waals surface area (Å²) in [7, 11) is 0. The quantitative estimate of drug-likeness (QED) is 0.838. The van der Waals surface area contributed by atoms with Crippen molar-refractivity contribution in [3.63, 3.8) is 0 Å². The third kappa shape index (κ3) is 5.20. The highest BCUT2D eigenvalue weighted by molar-refractivity contribution is 5.67. The van der Waals surface area contributed by atoms with Crippen molar-refractivity contribution in [1.82, 2.24) is 5.32 Å². The lowest BCUT2D eigenvalue weighted by molar-refractivity contribution is -0.138. The fourth-order valence-corrected chi connectivity index (χ4v) is 1.41. The van der Waals surface area contributed by atoms with Crippen molar-refractivity contribution < 1.29 is 31.5 Å². The van der Waals surface area contributed by atoms with E-state index in [-0.39, 0.29) is 12.1 Å². The van der Waals surface area contributed by atoms with Crippen LogP contribution in [0.15, 0.2) is 12.1 Å². The number of hydrogen-bond acceptors (Lipinski definition) is 2. The van der Waals surface area contributed by atoms with E-state index in [4.69, 9.17) is 4.74 Å². The molecule has 3 nitrogen and oxygen atoms in total. The average molecular weight is 311 g/mol. The van der Waals surface area contributed by atoms with E-state index in [0.29, 0.717) is 0 Å². The van der Waals surface area contributed by atoms with Crippen LogP contribution in [0.5, 0.6) is 0 Å². The molecule has 0 fully saturated rings. The lowest BCUT2D eigenvalue weighted by atomic mass is 10.1. The number of benzene rings is 1. The van der Waals surface area contributed by atoms with Crippen molar-refractivity contribution in [3.05, 3.63) is 34.9 Å². The Balaban J connectivity index is 2.84. The number of rotatable bonds is 2. The second-order valence-electron chi connectivity index (χ2n) is 5.27. The first-order chi connectivity index (χ1) is 9.40. The van der Waals surface area contributed by atoms with Crippen LogP contribution in [-0.4, -0.2) is 11.7 Å². The molecule has 0 spiro atoms. The summed E-state index contributed by atoms with van der Waals surface area (Å²) in [5, 5.41) is 2.07. The Morgan fingerprint density at radius 2 is 1.62 bits per heavy atom. The molecule has 0 aliphatic rings. The summed E-state index contributed by atoms with van der Waals surface area (Å²) in [6.07, 6.45) is -5.78. The van der Waals surface area contributed by atoms with Crippen LogP contribution in [0, 0.1) is 11.6 Å². The first-order valence-electron chi connectivity index (χ1n) is 5.92. The SMILES string of the molecule is CC(C)(C)OC(=O)NCc1c(F)cc(C(F)(F)F)cc1F. The number of hydrogen-bond donors (Lipinski definition) is 1. The fourth-order valence-electron chi connectivity index (χ4n) is 1.41. The number of carbonyl (C=O) groups is 1. The fraction of sp³-hybridized carbons (Fsp3) is 0.462. The Kier molecular flexibility index (Phi) is 4.80. The van der Waals surface area contributed by atoms with E-state index < -0.39 is 47.2 Å². The molecule has 0 bridgehead atoms. The predicted molar refractivity (Wildman–Crippen MR) is 64.4 cm³/mol. The number of carbonyl (C=O) groups excluding carboxylic acids is 1. The van der Waals surface area contributed by atoms with Gasteiger partial charge in [0.25, 0.3) is 0 Å². The molecule has 1 aromatic rings. The van der Waals surface area contributed by atoms with Gasteiger partial charge in [-0.1, -0.05) is 0 Å². The van der Waals surface area contributed by atoms with E-state index in [9.17, 15) is 26.7 Å². The molecule has 0 unspecified atom stereocenters. The molecular formula is C13H14F5NO2. The summed E-state index contributed by atoms with van der Waals surface area (Å²) >= 11 is 0. The lowest BCUT2D eigenvalue weighted by Crippen LogP contribution is -2.32. The van der Waals surface area contributed by atoms with Gasteiger partial charge in [0.2, 0.25) is 0 Å². The number of alkyl halides is 3. The average Bonchev–Trinajstić information content (AvgIpc) is 2.23. The minimum absolute atomic E-state index is 0.176. The highest BCUT2D eigenvalue weighted by atomic mass is 19.4. The second-order valence-corrected chi connectivity index (χ2v) is 5.27. The third-order valence-electron chi connectivity index (χ3n) is 2.28. The Labute approximate surface area is 118 Å². The van der Waals surface area contributed by atoms with E-state index in [1.54, 1.807) is 20.8 Å². The zero-order valence-corrected chi connectivity index (χ0v) is 11.6. The van der Waals surface area contributed by atoms with Gasteiger partial charge in [-0.3, -0.25) is 0 Å². The van der Waals surface area contributed by atoms with Gasteiger partial charge in [0.1, 0.15) is 17.2 Å². The van der Waals surface area contributed by atoms with Crippen molar-refractivity contribution >= 4 is 6.09 Å². The van der Waals surface area contributed by atoms with Crippen LogP contribution in [0.1, 0.15) is 31.9 Å². The smallest absolute Gasteiger partial charge is 0.416 e. The summed E-state index contributed by atoms with van der Waals surface area (Å²) in [5.41, 5.74) is -2.91. The molecule has 8 heteroatoms. The minimum atomic E-state index is -4.85. The summed E-state index contributed by atoms with van der Waals surface area (Å²) < 4.78 is 68.9. The van der Waals surface area contributed by atoms with Gasteiger partial charge >= 0.3 is 12.3 Å². The van der Waals surface area contributed by atoms with Gasteiger partial charge < -0.3 is 10.1 Å². The van der Waals surface area contributed by atoms with Gasteiger partial charge in [0.15, 0.2) is 0 Å². The van der Waals surface area contributed by atoms with Crippen LogP contribution in [0.4, 0.5) is 26.7 Å². The zero-order valence-electron chi connectivity index (χ0n) is 11.6. The molecular weight excluding hydrogens is 297 g/mol. The number of halogens is 5. The van der Waals surface area contributed by atoms with E-state index in [1.807, 2.05) is 0 Å². The standard InChI is InChI=1S/C13H14F5NO2/c1-12(2,3)21-11(20)19-6-8-9(14)4-7(5-10(8)15)13(16,17)18/h4-5H,6H2,1-3H3,(H,19,20). The van der Waals surface area contributed by atoms with Crippen LogP contribution >= 0.6 is 0 Å². The maximum absolute atomic E-state index is 13.5. The normalized spacial score (nSPS) is 12.2. The van der Waals surface area contributed by atoms with Gasteiger partial charge in [0.05, 0.1) is 12.1 Å². The Hall–Kier alpha value is -1.86. The Morgan fingerprint density at radius 3 is 2.00 bits per heavy atom. The molecule has 0 aliphatic carbocycles. The second kappa shape index (κ2) is 5.87. The first kappa shape index (κ1) is 17.2. The minimum Gasteiger partial charge on any atom is -0.444 e.